The molecule has 1 heterocycles. The van der Waals surface area contributed by atoms with Gasteiger partial charge < -0.3 is 5.32 Å². The molecule has 3 nitrogen and oxygen atoms in total. The van der Waals surface area contributed by atoms with Crippen molar-refractivity contribution in [3.05, 3.63) is 81.5 Å². The van der Waals surface area contributed by atoms with E-state index in [0.29, 0.717) is 17.9 Å². The molecule has 2 aliphatic rings. The number of ketones is 1. The summed E-state index contributed by atoms with van der Waals surface area (Å²) in [6.07, 6.45) is 1.40. The second kappa shape index (κ2) is 7.46. The number of benzene rings is 2. The Morgan fingerprint density at radius 1 is 0.931 bits per heavy atom. The van der Waals surface area contributed by atoms with Gasteiger partial charge in [0.05, 0.1) is 0 Å². The average molecular weight is 408 g/mol. The molecular formula is C25H26ClNO2. The Bertz CT molecular complexity index is 998. The number of hydrogen-bond donors (Lipinski definition) is 1. The lowest BCUT2D eigenvalue weighted by Gasteiger charge is -2.35. The van der Waals surface area contributed by atoms with Crippen LogP contribution in [0.25, 0.3) is 0 Å². The molecule has 1 N–H and O–H groups in total. The molecule has 0 saturated carbocycles. The van der Waals surface area contributed by atoms with Crippen LogP contribution in [0.5, 0.6) is 0 Å². The molecule has 1 aliphatic carbocycles. The number of Topliss-reactive ketones (excluding diaryl/α,β-unsaturated/α-hetero) is 1. The SMILES string of the molecule is CC(C)(C)c1ccc(C2CC(=O)C3=C(C2)NC(=O)CC3c2ccccc2Cl)cc1. The molecule has 2 atom stereocenters. The fourth-order valence-electron chi connectivity index (χ4n) is 4.47. The average Bonchev–Trinajstić information content (AvgIpc) is 2.67. The Balaban J connectivity index is 1.67. The topological polar surface area (TPSA) is 46.2 Å². The van der Waals surface area contributed by atoms with Gasteiger partial charge in [0, 0.05) is 35.1 Å². The molecule has 0 fully saturated rings. The normalized spacial score (nSPS) is 22.3. The van der Waals surface area contributed by atoms with Crippen LogP contribution >= 0.6 is 11.6 Å². The van der Waals surface area contributed by atoms with E-state index in [4.69, 9.17) is 11.6 Å². The number of carbonyl (C=O) groups is 2. The van der Waals surface area contributed by atoms with Crippen LogP contribution in [-0.4, -0.2) is 11.7 Å². The number of hydrogen-bond acceptors (Lipinski definition) is 2. The first-order valence-corrected chi connectivity index (χ1v) is 10.5. The number of carbonyl (C=O) groups excluding carboxylic acids is 2. The van der Waals surface area contributed by atoms with Crippen molar-refractivity contribution in [1.82, 2.24) is 5.32 Å². The number of nitrogens with one attached hydrogen (secondary N) is 1. The van der Waals surface area contributed by atoms with Crippen molar-refractivity contribution >= 4 is 23.3 Å². The molecule has 0 bridgehead atoms. The van der Waals surface area contributed by atoms with Gasteiger partial charge in [0.15, 0.2) is 5.78 Å². The van der Waals surface area contributed by atoms with Crippen molar-refractivity contribution in [1.29, 1.82) is 0 Å². The summed E-state index contributed by atoms with van der Waals surface area (Å²) in [7, 11) is 0. The first-order valence-electron chi connectivity index (χ1n) is 10.1. The maximum absolute atomic E-state index is 13.2. The van der Waals surface area contributed by atoms with Gasteiger partial charge in [-0.3, -0.25) is 9.59 Å². The quantitative estimate of drug-likeness (QED) is 0.699. The third kappa shape index (κ3) is 3.89. The molecule has 2 aromatic carbocycles. The van der Waals surface area contributed by atoms with E-state index < -0.39 is 0 Å². The van der Waals surface area contributed by atoms with E-state index in [1.54, 1.807) is 0 Å². The largest absolute Gasteiger partial charge is 0.329 e. The van der Waals surface area contributed by atoms with E-state index in [1.807, 2.05) is 24.3 Å². The molecule has 0 radical (unpaired) electrons. The fraction of sp³-hybridized carbons (Fsp3) is 0.360. The van der Waals surface area contributed by atoms with Gasteiger partial charge in [0.1, 0.15) is 0 Å². The Morgan fingerprint density at radius 2 is 1.62 bits per heavy atom. The van der Waals surface area contributed by atoms with E-state index in [1.165, 1.54) is 5.56 Å². The Kier molecular flexibility index (Phi) is 5.12. The van der Waals surface area contributed by atoms with Crippen molar-refractivity contribution < 1.29 is 9.59 Å². The van der Waals surface area contributed by atoms with Gasteiger partial charge in [-0.15, -0.1) is 0 Å². The Hall–Kier alpha value is -2.39. The van der Waals surface area contributed by atoms with Gasteiger partial charge in [-0.05, 0) is 40.5 Å². The lowest BCUT2D eigenvalue weighted by Crippen LogP contribution is -2.38. The summed E-state index contributed by atoms with van der Waals surface area (Å²) in [5.41, 5.74) is 4.88. The summed E-state index contributed by atoms with van der Waals surface area (Å²) in [6, 6.07) is 16.0. The standard InChI is InChI=1S/C25H26ClNO2/c1-25(2,3)17-10-8-15(9-11-17)16-12-21-24(22(28)13-16)19(14-23(29)27-21)18-6-4-5-7-20(18)26/h4-11,16,19H,12-14H2,1-3H3,(H,27,29). The van der Waals surface area contributed by atoms with Crippen molar-refractivity contribution in [2.24, 2.45) is 0 Å². The minimum Gasteiger partial charge on any atom is -0.329 e. The molecule has 29 heavy (non-hydrogen) atoms. The van der Waals surface area contributed by atoms with Gasteiger partial charge in [-0.2, -0.15) is 0 Å². The number of allylic oxidation sites excluding steroid dienone is 2. The van der Waals surface area contributed by atoms with Crippen LogP contribution in [0.3, 0.4) is 0 Å². The van der Waals surface area contributed by atoms with Crippen molar-refractivity contribution in [3.63, 3.8) is 0 Å². The molecule has 1 amide bonds. The Morgan fingerprint density at radius 3 is 2.28 bits per heavy atom. The number of halogens is 1. The maximum Gasteiger partial charge on any atom is 0.225 e. The predicted octanol–water partition coefficient (Wildman–Crippen LogP) is 5.64. The smallest absolute Gasteiger partial charge is 0.225 e. The highest BCUT2D eigenvalue weighted by Crippen LogP contribution is 2.44. The first kappa shape index (κ1) is 19.9. The second-order valence-electron chi connectivity index (χ2n) is 9.12. The molecular weight excluding hydrogens is 382 g/mol. The highest BCUT2D eigenvalue weighted by molar-refractivity contribution is 6.31. The van der Waals surface area contributed by atoms with Crippen LogP contribution in [-0.2, 0) is 15.0 Å². The summed E-state index contributed by atoms with van der Waals surface area (Å²) in [6.45, 7) is 6.57. The van der Waals surface area contributed by atoms with Crippen LogP contribution in [0.2, 0.25) is 5.02 Å². The van der Waals surface area contributed by atoms with Crippen molar-refractivity contribution in [2.45, 2.75) is 57.3 Å². The van der Waals surface area contributed by atoms with E-state index >= 15 is 0 Å². The molecule has 2 unspecified atom stereocenters. The van der Waals surface area contributed by atoms with E-state index in [-0.39, 0.29) is 35.4 Å². The molecule has 4 rings (SSSR count). The zero-order chi connectivity index (χ0) is 20.8. The van der Waals surface area contributed by atoms with Crippen molar-refractivity contribution in [2.75, 3.05) is 0 Å². The minimum atomic E-state index is -0.260. The maximum atomic E-state index is 13.2. The first-order chi connectivity index (χ1) is 13.7. The summed E-state index contributed by atoms with van der Waals surface area (Å²) in [5.74, 6) is -0.115. The van der Waals surface area contributed by atoms with E-state index in [0.717, 1.165) is 22.4 Å². The molecule has 0 aromatic heterocycles. The lowest BCUT2D eigenvalue weighted by molar-refractivity contribution is -0.122. The van der Waals surface area contributed by atoms with E-state index in [9.17, 15) is 9.59 Å². The van der Waals surface area contributed by atoms with Crippen molar-refractivity contribution in [3.8, 4) is 0 Å². The second-order valence-corrected chi connectivity index (χ2v) is 9.53. The minimum absolute atomic E-state index is 0.0507. The zero-order valence-electron chi connectivity index (χ0n) is 17.1. The third-order valence-corrected chi connectivity index (χ3v) is 6.41. The van der Waals surface area contributed by atoms with Crippen LogP contribution in [0.15, 0.2) is 59.8 Å². The van der Waals surface area contributed by atoms with Gasteiger partial charge >= 0.3 is 0 Å². The summed E-state index contributed by atoms with van der Waals surface area (Å²) < 4.78 is 0. The van der Waals surface area contributed by atoms with Crippen LogP contribution in [0.4, 0.5) is 0 Å². The van der Waals surface area contributed by atoms with Crippen LogP contribution in [0.1, 0.15) is 68.6 Å². The summed E-state index contributed by atoms with van der Waals surface area (Å²) in [5, 5.41) is 3.58. The number of amides is 1. The zero-order valence-corrected chi connectivity index (χ0v) is 17.8. The molecule has 0 saturated heterocycles. The van der Waals surface area contributed by atoms with Crippen LogP contribution in [0, 0.1) is 0 Å². The van der Waals surface area contributed by atoms with Gasteiger partial charge in [-0.1, -0.05) is 74.8 Å². The lowest BCUT2D eigenvalue weighted by atomic mass is 9.73. The summed E-state index contributed by atoms with van der Waals surface area (Å²) >= 11 is 6.39. The highest BCUT2D eigenvalue weighted by atomic mass is 35.5. The van der Waals surface area contributed by atoms with E-state index in [2.05, 4.69) is 50.4 Å². The number of rotatable bonds is 2. The Labute approximate surface area is 177 Å². The van der Waals surface area contributed by atoms with Gasteiger partial charge in [0.25, 0.3) is 0 Å². The monoisotopic (exact) mass is 407 g/mol. The van der Waals surface area contributed by atoms with Crippen LogP contribution < -0.4 is 5.32 Å². The highest BCUT2D eigenvalue weighted by Gasteiger charge is 2.38. The third-order valence-electron chi connectivity index (χ3n) is 6.06. The molecule has 0 spiro atoms. The molecule has 1 aliphatic heterocycles. The van der Waals surface area contributed by atoms with Gasteiger partial charge in [-0.25, -0.2) is 0 Å². The predicted molar refractivity (Wildman–Crippen MR) is 116 cm³/mol. The molecule has 2 aromatic rings. The molecule has 150 valence electrons. The summed E-state index contributed by atoms with van der Waals surface area (Å²) in [4.78, 5) is 25.6. The fourth-order valence-corrected chi connectivity index (χ4v) is 4.74. The molecule has 4 heteroatoms. The van der Waals surface area contributed by atoms with Gasteiger partial charge in [0.2, 0.25) is 5.91 Å².